The second kappa shape index (κ2) is 16.7. The zero-order chi connectivity index (χ0) is 42.0. The van der Waals surface area contributed by atoms with Gasteiger partial charge in [-0.05, 0) is 108 Å². The Kier molecular flexibility index (Phi) is 12.8. The summed E-state index contributed by atoms with van der Waals surface area (Å²) in [5.74, 6) is -0.346. The van der Waals surface area contributed by atoms with Crippen molar-refractivity contribution < 1.29 is 40.6 Å². The number of carbonyl (C=O) groups is 2. The molecule has 0 unspecified atom stereocenters. The molecule has 0 N–H and O–H groups in total. The molecule has 0 radical (unpaired) electrons. The summed E-state index contributed by atoms with van der Waals surface area (Å²) in [5, 5.41) is -0.969. The van der Waals surface area contributed by atoms with E-state index in [0.29, 0.717) is 61.9 Å². The number of fused-ring (bicyclic) bond motifs is 6. The molecule has 57 heavy (non-hydrogen) atoms. The molecule has 0 saturated carbocycles. The summed E-state index contributed by atoms with van der Waals surface area (Å²) < 4.78 is 75.5. The molecule has 4 aromatic rings. The number of sulfonamides is 2. The van der Waals surface area contributed by atoms with Gasteiger partial charge < -0.3 is 14.2 Å². The van der Waals surface area contributed by atoms with Crippen LogP contribution in [0.15, 0.2) is 71.8 Å². The van der Waals surface area contributed by atoms with Crippen LogP contribution in [0.2, 0.25) is 0 Å². The van der Waals surface area contributed by atoms with Crippen LogP contribution in [0.3, 0.4) is 0 Å². The summed E-state index contributed by atoms with van der Waals surface area (Å²) in [6, 6.07) is 18.5. The molecule has 0 saturated heterocycles. The van der Waals surface area contributed by atoms with E-state index in [1.165, 1.54) is 12.1 Å². The molecule has 1 aliphatic rings. The van der Waals surface area contributed by atoms with Gasteiger partial charge in [0, 0.05) is 5.56 Å². The summed E-state index contributed by atoms with van der Waals surface area (Å²) in [4.78, 5) is 37.4. The molecule has 2 aromatic heterocycles. The van der Waals surface area contributed by atoms with Crippen molar-refractivity contribution in [1.29, 1.82) is 0 Å². The Balaban J connectivity index is 1.76. The molecule has 0 spiro atoms. The number of rotatable bonds is 4. The summed E-state index contributed by atoms with van der Waals surface area (Å²) in [6.07, 6.45) is 0.122. The van der Waals surface area contributed by atoms with E-state index in [9.17, 15) is 26.4 Å². The maximum atomic E-state index is 14.8. The topological polar surface area (TPSA) is 162 Å². The van der Waals surface area contributed by atoms with Crippen LogP contribution < -0.4 is 13.3 Å². The molecule has 1 aliphatic heterocycles. The van der Waals surface area contributed by atoms with Crippen molar-refractivity contribution in [3.63, 3.8) is 0 Å². The number of amides is 2. The number of hydrogen-bond donors (Lipinski definition) is 0. The van der Waals surface area contributed by atoms with Crippen LogP contribution in [-0.2, 0) is 35.9 Å². The largest absolute Gasteiger partial charge is 0.494 e. The smallest absolute Gasteiger partial charge is 0.431 e. The number of ether oxygens (including phenoxy) is 3. The van der Waals surface area contributed by atoms with Crippen LogP contribution in [0.4, 0.5) is 20.5 Å². The normalized spacial score (nSPS) is 16.2. The first-order chi connectivity index (χ1) is 26.5. The lowest BCUT2D eigenvalue weighted by atomic mass is 9.93. The molecule has 0 fully saturated rings. The molecule has 16 heteroatoms. The lowest BCUT2D eigenvalue weighted by Crippen LogP contribution is -2.43. The van der Waals surface area contributed by atoms with Gasteiger partial charge in [-0.15, -0.1) is 4.31 Å². The number of carbonyl (C=O) groups excluding carboxylic acids is 2. The Morgan fingerprint density at radius 1 is 0.754 bits per heavy atom. The van der Waals surface area contributed by atoms with E-state index in [2.05, 4.69) is 25.8 Å². The standard InChI is InChI=1S/C41H52N4O9S3/c1-39(2,3)24-25-52-30-20-15-19-29(27-30)35-34-31-21-13-12-18-28(31)17-11-10-14-26-56(48,49)44(37(46)53-40(4,5)6)32-22-16-23-33(42-32)57(50,51)45(36(43-34)55-35)38(47)54-41(7,8)9/h12-13,15-16,18-23,27H,10-11,14,17,24-26H2,1-9H3. The maximum absolute atomic E-state index is 14.8. The van der Waals surface area contributed by atoms with E-state index in [4.69, 9.17) is 19.2 Å². The average Bonchev–Trinajstić information content (AvgIpc) is 3.50. The SMILES string of the molecule is CC(C)(C)CCOc1cccc(-c2sc3nc2-c2ccccc2CCCCCS(=O)(=O)N(C(=O)OC(C)(C)C)c2cccc(n2)S(=O)(=O)N3C(=O)OC(C)(C)C)c1. The number of benzene rings is 2. The number of aromatic nitrogens is 2. The monoisotopic (exact) mass is 840 g/mol. The minimum absolute atomic E-state index is 0.0624. The van der Waals surface area contributed by atoms with Crippen LogP contribution in [0.1, 0.15) is 93.6 Å². The molecule has 13 nitrogen and oxygen atoms in total. The Morgan fingerprint density at radius 2 is 1.40 bits per heavy atom. The van der Waals surface area contributed by atoms with Crippen LogP contribution >= 0.6 is 11.3 Å². The fourth-order valence-corrected chi connectivity index (χ4v) is 9.71. The van der Waals surface area contributed by atoms with Gasteiger partial charge in [0.1, 0.15) is 17.0 Å². The van der Waals surface area contributed by atoms with Crippen LogP contribution in [0, 0.1) is 5.41 Å². The van der Waals surface area contributed by atoms with Gasteiger partial charge in [0.25, 0.3) is 10.0 Å². The molecule has 5 rings (SSSR count). The van der Waals surface area contributed by atoms with Crippen molar-refractivity contribution in [2.24, 2.45) is 5.41 Å². The predicted octanol–water partition coefficient (Wildman–Crippen LogP) is 9.62. The number of pyridine rings is 1. The summed E-state index contributed by atoms with van der Waals surface area (Å²) in [7, 11) is -9.44. The third-order valence-corrected chi connectivity index (χ3v) is 12.9. The Hall–Kier alpha value is -4.54. The maximum Gasteiger partial charge on any atom is 0.431 e. The quantitative estimate of drug-likeness (QED) is 0.192. The third-order valence-electron chi connectivity index (χ3n) is 8.45. The Bertz CT molecular complexity index is 2320. The molecular formula is C41H52N4O9S3. The van der Waals surface area contributed by atoms with Gasteiger partial charge in [-0.3, -0.25) is 0 Å². The molecule has 2 aromatic carbocycles. The molecule has 0 atom stereocenters. The zero-order valence-electron chi connectivity index (χ0n) is 34.0. The molecule has 0 aliphatic carbocycles. The number of nitrogens with zero attached hydrogens (tertiary/aromatic N) is 4. The lowest BCUT2D eigenvalue weighted by Gasteiger charge is -2.27. The highest BCUT2D eigenvalue weighted by Gasteiger charge is 2.41. The van der Waals surface area contributed by atoms with Gasteiger partial charge in [-0.1, -0.05) is 81.0 Å². The van der Waals surface area contributed by atoms with Gasteiger partial charge in [0.15, 0.2) is 10.8 Å². The van der Waals surface area contributed by atoms with E-state index >= 15 is 0 Å². The first kappa shape index (κ1) is 43.6. The minimum atomic E-state index is -5.01. The first-order valence-electron chi connectivity index (χ1n) is 18.8. The van der Waals surface area contributed by atoms with Gasteiger partial charge in [0.05, 0.1) is 22.9 Å². The Morgan fingerprint density at radius 3 is 2.07 bits per heavy atom. The highest BCUT2D eigenvalue weighted by Crippen LogP contribution is 2.44. The lowest BCUT2D eigenvalue weighted by molar-refractivity contribution is 0.0595. The number of aryl methyl sites for hydroxylation is 1. The van der Waals surface area contributed by atoms with Gasteiger partial charge >= 0.3 is 12.2 Å². The molecular weight excluding hydrogens is 789 g/mol. The van der Waals surface area contributed by atoms with Gasteiger partial charge in [-0.2, -0.15) is 12.7 Å². The van der Waals surface area contributed by atoms with Crippen molar-refractivity contribution >= 4 is 54.5 Å². The summed E-state index contributed by atoms with van der Waals surface area (Å²) in [5.41, 5.74) is 0.553. The fraction of sp³-hybridized carbons (Fsp3) is 0.463. The van der Waals surface area contributed by atoms with Crippen molar-refractivity contribution in [1.82, 2.24) is 9.97 Å². The van der Waals surface area contributed by atoms with Crippen molar-refractivity contribution in [3.8, 4) is 27.4 Å². The van der Waals surface area contributed by atoms with Crippen molar-refractivity contribution in [2.45, 2.75) is 111 Å². The number of hydrogen-bond acceptors (Lipinski definition) is 12. The molecule has 2 amide bonds. The predicted molar refractivity (Wildman–Crippen MR) is 223 cm³/mol. The zero-order valence-corrected chi connectivity index (χ0v) is 36.4. The van der Waals surface area contributed by atoms with Crippen molar-refractivity contribution in [3.05, 3.63) is 72.3 Å². The van der Waals surface area contributed by atoms with Crippen LogP contribution in [-0.4, -0.2) is 62.6 Å². The molecule has 308 valence electrons. The highest BCUT2D eigenvalue weighted by molar-refractivity contribution is 7.94. The summed E-state index contributed by atoms with van der Waals surface area (Å²) in [6.45, 7) is 16.4. The average molecular weight is 841 g/mol. The number of anilines is 2. The minimum Gasteiger partial charge on any atom is -0.494 e. The third kappa shape index (κ3) is 11.1. The fourth-order valence-electron chi connectivity index (χ4n) is 5.80. The summed E-state index contributed by atoms with van der Waals surface area (Å²) >= 11 is 0.969. The van der Waals surface area contributed by atoms with E-state index < -0.39 is 60.0 Å². The first-order valence-corrected chi connectivity index (χ1v) is 22.7. The second-order valence-corrected chi connectivity index (χ2v) is 21.6. The Labute approximate surface area is 340 Å². The van der Waals surface area contributed by atoms with Crippen molar-refractivity contribution in [2.75, 3.05) is 21.0 Å². The van der Waals surface area contributed by atoms with Gasteiger partial charge in [0.2, 0.25) is 15.2 Å². The van der Waals surface area contributed by atoms with Gasteiger partial charge in [-0.25, -0.2) is 28.0 Å². The number of thiazole rings is 1. The van der Waals surface area contributed by atoms with Crippen LogP contribution in [0.25, 0.3) is 21.7 Å². The van der Waals surface area contributed by atoms with Crippen LogP contribution in [0.5, 0.6) is 5.75 Å². The highest BCUT2D eigenvalue weighted by atomic mass is 32.2. The molecule has 4 bridgehead atoms. The second-order valence-electron chi connectivity index (χ2n) is 17.0. The molecule has 3 heterocycles. The van der Waals surface area contributed by atoms with E-state index in [0.717, 1.165) is 29.4 Å². The van der Waals surface area contributed by atoms with E-state index in [-0.39, 0.29) is 17.0 Å². The van der Waals surface area contributed by atoms with E-state index in [1.807, 2.05) is 48.5 Å². The van der Waals surface area contributed by atoms with E-state index in [1.54, 1.807) is 41.5 Å².